The minimum absolute atomic E-state index is 0.0201. The van der Waals surface area contributed by atoms with Crippen LogP contribution in [0.15, 0.2) is 27.4 Å². The quantitative estimate of drug-likeness (QED) is 0.880. The maximum absolute atomic E-state index is 11.9. The first kappa shape index (κ1) is 15.7. The van der Waals surface area contributed by atoms with Crippen LogP contribution in [0, 0.1) is 19.8 Å². The summed E-state index contributed by atoms with van der Waals surface area (Å²) in [6.07, 6.45) is 1.57. The topological polar surface area (TPSA) is 76.5 Å². The number of benzene rings is 1. The Bertz CT molecular complexity index is 802. The highest BCUT2D eigenvalue weighted by atomic mass is 16.4. The van der Waals surface area contributed by atoms with Crippen molar-refractivity contribution in [2.45, 2.75) is 33.2 Å². The third-order valence-electron chi connectivity index (χ3n) is 4.64. The number of hydrogen-bond donors (Lipinski definition) is 1. The predicted octanol–water partition coefficient (Wildman–Crippen LogP) is 2.11. The van der Waals surface area contributed by atoms with Crippen LogP contribution in [0.25, 0.3) is 11.0 Å². The van der Waals surface area contributed by atoms with Gasteiger partial charge in [0.15, 0.2) is 0 Å². The summed E-state index contributed by atoms with van der Waals surface area (Å²) in [5, 5.41) is 0.999. The van der Waals surface area contributed by atoms with E-state index in [1.165, 1.54) is 0 Å². The Balaban J connectivity index is 1.89. The van der Waals surface area contributed by atoms with Crippen LogP contribution in [-0.4, -0.2) is 23.9 Å². The van der Waals surface area contributed by atoms with Crippen LogP contribution >= 0.6 is 0 Å². The molecular weight excluding hydrogens is 292 g/mol. The smallest absolute Gasteiger partial charge is 0.336 e. The van der Waals surface area contributed by atoms with Crippen LogP contribution < -0.4 is 11.4 Å². The Morgan fingerprint density at radius 1 is 1.26 bits per heavy atom. The Labute approximate surface area is 135 Å². The van der Waals surface area contributed by atoms with E-state index in [9.17, 15) is 9.59 Å². The first-order valence-electron chi connectivity index (χ1n) is 7.99. The van der Waals surface area contributed by atoms with E-state index in [1.54, 1.807) is 6.07 Å². The summed E-state index contributed by atoms with van der Waals surface area (Å²) in [5.74, 6) is -0.227. The van der Waals surface area contributed by atoms with E-state index >= 15 is 0 Å². The summed E-state index contributed by atoms with van der Waals surface area (Å²) < 4.78 is 5.39. The van der Waals surface area contributed by atoms with Gasteiger partial charge in [-0.05, 0) is 62.5 Å². The third-order valence-corrected chi connectivity index (χ3v) is 4.64. The molecule has 1 amide bonds. The number of aryl methyl sites for hydroxylation is 2. The summed E-state index contributed by atoms with van der Waals surface area (Å²) in [4.78, 5) is 25.4. The molecule has 1 aromatic carbocycles. The maximum atomic E-state index is 11.9. The number of rotatable bonds is 3. The van der Waals surface area contributed by atoms with E-state index in [1.807, 2.05) is 19.9 Å². The van der Waals surface area contributed by atoms with Gasteiger partial charge < -0.3 is 10.2 Å². The largest absolute Gasteiger partial charge is 0.422 e. The molecule has 3 rings (SSSR count). The SMILES string of the molecule is Cc1cc(C)c2oc(=O)cc(CN3CCC(C(N)=O)CC3)c2c1. The number of amides is 1. The molecular formula is C18H22N2O3. The highest BCUT2D eigenvalue weighted by molar-refractivity contribution is 5.83. The van der Waals surface area contributed by atoms with Crippen LogP contribution in [-0.2, 0) is 11.3 Å². The summed E-state index contributed by atoms with van der Waals surface area (Å²) in [5.41, 5.74) is 8.85. The summed E-state index contributed by atoms with van der Waals surface area (Å²) in [7, 11) is 0. The van der Waals surface area contributed by atoms with Crippen molar-refractivity contribution in [1.82, 2.24) is 4.90 Å². The van der Waals surface area contributed by atoms with Gasteiger partial charge in [0.2, 0.25) is 5.91 Å². The van der Waals surface area contributed by atoms with Crippen LogP contribution in [0.5, 0.6) is 0 Å². The Hall–Kier alpha value is -2.14. The molecule has 122 valence electrons. The number of primary amides is 1. The second-order valence-corrected chi connectivity index (χ2v) is 6.50. The molecule has 2 aromatic rings. The first-order chi connectivity index (χ1) is 10.9. The number of nitrogens with two attached hydrogens (primary N) is 1. The molecule has 0 spiro atoms. The molecule has 5 heteroatoms. The van der Waals surface area contributed by atoms with E-state index < -0.39 is 0 Å². The minimum Gasteiger partial charge on any atom is -0.422 e. The van der Waals surface area contributed by atoms with Crippen molar-refractivity contribution in [1.29, 1.82) is 0 Å². The lowest BCUT2D eigenvalue weighted by molar-refractivity contribution is -0.123. The van der Waals surface area contributed by atoms with Crippen LogP contribution in [0.1, 0.15) is 29.5 Å². The van der Waals surface area contributed by atoms with Crippen molar-refractivity contribution in [3.05, 3.63) is 45.3 Å². The number of carbonyl (C=O) groups is 1. The molecule has 1 aliphatic heterocycles. The molecule has 0 radical (unpaired) electrons. The fourth-order valence-electron chi connectivity index (χ4n) is 3.43. The number of nitrogens with zero attached hydrogens (tertiary/aromatic N) is 1. The standard InChI is InChI=1S/C18H22N2O3/c1-11-7-12(2)17-15(8-11)14(9-16(21)23-17)10-20-5-3-13(4-6-20)18(19)22/h7-9,13H,3-6,10H2,1-2H3,(H2,19,22). The Morgan fingerprint density at radius 2 is 1.96 bits per heavy atom. The molecule has 2 heterocycles. The Morgan fingerprint density at radius 3 is 2.61 bits per heavy atom. The van der Waals surface area contributed by atoms with Crippen LogP contribution in [0.4, 0.5) is 0 Å². The third kappa shape index (κ3) is 3.29. The molecule has 1 aliphatic rings. The van der Waals surface area contributed by atoms with Gasteiger partial charge in [0.05, 0.1) is 0 Å². The van der Waals surface area contributed by atoms with Crippen molar-refractivity contribution in [2.75, 3.05) is 13.1 Å². The van der Waals surface area contributed by atoms with Gasteiger partial charge in [-0.15, -0.1) is 0 Å². The molecule has 2 N–H and O–H groups in total. The van der Waals surface area contributed by atoms with E-state index in [0.29, 0.717) is 12.1 Å². The van der Waals surface area contributed by atoms with Crippen LogP contribution in [0.2, 0.25) is 0 Å². The maximum Gasteiger partial charge on any atom is 0.336 e. The van der Waals surface area contributed by atoms with Crippen molar-refractivity contribution in [2.24, 2.45) is 11.7 Å². The highest BCUT2D eigenvalue weighted by Crippen LogP contribution is 2.25. The van der Waals surface area contributed by atoms with Gasteiger partial charge in [0.25, 0.3) is 0 Å². The zero-order valence-electron chi connectivity index (χ0n) is 13.6. The van der Waals surface area contributed by atoms with Crippen molar-refractivity contribution >= 4 is 16.9 Å². The fraction of sp³-hybridized carbons (Fsp3) is 0.444. The number of carbonyl (C=O) groups excluding carboxylic acids is 1. The second kappa shape index (κ2) is 6.16. The van der Waals surface area contributed by atoms with Gasteiger partial charge >= 0.3 is 5.63 Å². The second-order valence-electron chi connectivity index (χ2n) is 6.50. The molecule has 0 bridgehead atoms. The zero-order valence-corrected chi connectivity index (χ0v) is 13.6. The van der Waals surface area contributed by atoms with Gasteiger partial charge in [0.1, 0.15) is 5.58 Å². The van der Waals surface area contributed by atoms with Gasteiger partial charge in [-0.25, -0.2) is 4.79 Å². The van der Waals surface area contributed by atoms with Gasteiger partial charge in [-0.3, -0.25) is 9.69 Å². The molecule has 23 heavy (non-hydrogen) atoms. The molecule has 0 unspecified atom stereocenters. The molecule has 0 saturated carbocycles. The average molecular weight is 314 g/mol. The molecule has 1 saturated heterocycles. The van der Waals surface area contributed by atoms with Crippen LogP contribution in [0.3, 0.4) is 0 Å². The van der Waals surface area contributed by atoms with Crippen molar-refractivity contribution in [3.63, 3.8) is 0 Å². The molecule has 5 nitrogen and oxygen atoms in total. The fourth-order valence-corrected chi connectivity index (χ4v) is 3.43. The predicted molar refractivity (Wildman–Crippen MR) is 89.2 cm³/mol. The van der Waals surface area contributed by atoms with Gasteiger partial charge in [-0.2, -0.15) is 0 Å². The van der Waals surface area contributed by atoms with Gasteiger partial charge in [-0.1, -0.05) is 6.07 Å². The Kier molecular flexibility index (Phi) is 4.22. The molecule has 0 aliphatic carbocycles. The summed E-state index contributed by atoms with van der Waals surface area (Å²) in [6, 6.07) is 5.67. The van der Waals surface area contributed by atoms with Gasteiger partial charge in [0, 0.05) is 23.9 Å². The summed E-state index contributed by atoms with van der Waals surface area (Å²) in [6.45, 7) is 6.33. The highest BCUT2D eigenvalue weighted by Gasteiger charge is 2.23. The molecule has 1 fully saturated rings. The monoisotopic (exact) mass is 314 g/mol. The average Bonchev–Trinajstić information content (AvgIpc) is 2.49. The van der Waals surface area contributed by atoms with E-state index in [4.69, 9.17) is 10.2 Å². The number of likely N-dealkylation sites (tertiary alicyclic amines) is 1. The normalized spacial score (nSPS) is 16.8. The number of hydrogen-bond acceptors (Lipinski definition) is 4. The van der Waals surface area contributed by atoms with E-state index in [0.717, 1.165) is 48.0 Å². The first-order valence-corrected chi connectivity index (χ1v) is 7.99. The van der Waals surface area contributed by atoms with E-state index in [-0.39, 0.29) is 17.5 Å². The van der Waals surface area contributed by atoms with E-state index in [2.05, 4.69) is 11.0 Å². The lowest BCUT2D eigenvalue weighted by atomic mass is 9.95. The van der Waals surface area contributed by atoms with Crippen molar-refractivity contribution < 1.29 is 9.21 Å². The lowest BCUT2D eigenvalue weighted by Gasteiger charge is -2.30. The summed E-state index contributed by atoms with van der Waals surface area (Å²) >= 11 is 0. The number of fused-ring (bicyclic) bond motifs is 1. The zero-order chi connectivity index (χ0) is 16.6. The molecule has 1 aromatic heterocycles. The minimum atomic E-state index is -0.313. The lowest BCUT2D eigenvalue weighted by Crippen LogP contribution is -2.38. The van der Waals surface area contributed by atoms with Crippen molar-refractivity contribution in [3.8, 4) is 0 Å². The molecule has 0 atom stereocenters. The number of piperidine rings is 1.